The first kappa shape index (κ1) is 12.6. The van der Waals surface area contributed by atoms with Crippen LogP contribution >= 0.6 is 0 Å². The van der Waals surface area contributed by atoms with Gasteiger partial charge in [0.25, 0.3) is 0 Å². The van der Waals surface area contributed by atoms with Gasteiger partial charge < -0.3 is 10.5 Å². The van der Waals surface area contributed by atoms with Gasteiger partial charge in [-0.25, -0.2) is 0 Å². The van der Waals surface area contributed by atoms with E-state index in [1.54, 1.807) is 24.3 Å². The second kappa shape index (κ2) is 5.03. The van der Waals surface area contributed by atoms with Crippen molar-refractivity contribution in [2.45, 2.75) is 6.18 Å². The molecular weight excluding hydrogens is 219 g/mol. The van der Waals surface area contributed by atoms with Crippen LogP contribution in [0.25, 0.3) is 6.08 Å². The lowest BCUT2D eigenvalue weighted by Crippen LogP contribution is -2.19. The summed E-state index contributed by atoms with van der Waals surface area (Å²) < 4.78 is 42.0. The molecule has 0 fully saturated rings. The topological polar surface area (TPSA) is 35.2 Å². The monoisotopic (exact) mass is 231 g/mol. The predicted octanol–water partition coefficient (Wildman–Crippen LogP) is 2.60. The minimum Gasteiger partial charge on any atom is -0.497 e. The first-order chi connectivity index (χ1) is 7.47. The molecular formula is C11H12F3NO. The number of nitrogens with two attached hydrogens (primary N) is 1. The van der Waals surface area contributed by atoms with Crippen molar-refractivity contribution < 1.29 is 17.9 Å². The number of hydrogen-bond donors (Lipinski definition) is 1. The maximum Gasteiger partial charge on any atom is 0.413 e. The molecule has 0 aliphatic heterocycles. The molecule has 16 heavy (non-hydrogen) atoms. The van der Waals surface area contributed by atoms with Crippen molar-refractivity contribution in [3.05, 3.63) is 35.4 Å². The minimum absolute atomic E-state index is 0.443. The molecule has 0 spiro atoms. The van der Waals surface area contributed by atoms with Gasteiger partial charge in [0.2, 0.25) is 0 Å². The van der Waals surface area contributed by atoms with E-state index in [9.17, 15) is 13.2 Å². The molecule has 5 heteroatoms. The summed E-state index contributed by atoms with van der Waals surface area (Å²) in [6.07, 6.45) is -3.35. The fourth-order valence-corrected chi connectivity index (χ4v) is 1.16. The quantitative estimate of drug-likeness (QED) is 0.867. The highest BCUT2D eigenvalue weighted by atomic mass is 19.4. The number of hydrogen-bond acceptors (Lipinski definition) is 2. The Morgan fingerprint density at radius 3 is 2.25 bits per heavy atom. The number of rotatable bonds is 3. The lowest BCUT2D eigenvalue weighted by molar-refractivity contribution is -0.0912. The van der Waals surface area contributed by atoms with E-state index in [2.05, 4.69) is 0 Å². The molecule has 0 heterocycles. The molecule has 0 unspecified atom stereocenters. The van der Waals surface area contributed by atoms with Crippen LogP contribution < -0.4 is 10.5 Å². The van der Waals surface area contributed by atoms with Gasteiger partial charge in [-0.3, -0.25) is 0 Å². The van der Waals surface area contributed by atoms with Gasteiger partial charge in [-0.05, 0) is 23.8 Å². The number of alkyl halides is 3. The molecule has 0 atom stereocenters. The third kappa shape index (κ3) is 3.27. The number of benzene rings is 1. The molecule has 0 saturated carbocycles. The van der Waals surface area contributed by atoms with E-state index in [4.69, 9.17) is 10.5 Å². The second-order valence-electron chi connectivity index (χ2n) is 3.14. The molecule has 2 nitrogen and oxygen atoms in total. The summed E-state index contributed by atoms with van der Waals surface area (Å²) in [5, 5.41) is 0. The molecule has 0 amide bonds. The molecule has 1 aromatic rings. The predicted molar refractivity (Wildman–Crippen MR) is 56.1 cm³/mol. The average Bonchev–Trinajstić information content (AvgIpc) is 2.25. The molecule has 0 aromatic heterocycles. The second-order valence-corrected chi connectivity index (χ2v) is 3.14. The fraction of sp³-hybridized carbons (Fsp3) is 0.273. The Hall–Kier alpha value is -1.49. The molecule has 2 N–H and O–H groups in total. The standard InChI is InChI=1S/C11H12F3NO/c1-16-10-4-2-8(3-5-10)6-9(7-15)11(12,13)14/h2-6H,7,15H2,1H3/b9-6+. The Balaban J connectivity index is 2.96. The van der Waals surface area contributed by atoms with Crippen molar-refractivity contribution in [1.82, 2.24) is 0 Å². The molecule has 88 valence electrons. The van der Waals surface area contributed by atoms with Crippen LogP contribution in [0.4, 0.5) is 13.2 Å². The first-order valence-electron chi connectivity index (χ1n) is 4.59. The lowest BCUT2D eigenvalue weighted by Gasteiger charge is -2.09. The van der Waals surface area contributed by atoms with Gasteiger partial charge in [0.1, 0.15) is 5.75 Å². The normalized spacial score (nSPS) is 12.7. The molecule has 1 aromatic carbocycles. The van der Waals surface area contributed by atoms with Crippen LogP contribution in [0, 0.1) is 0 Å². The van der Waals surface area contributed by atoms with E-state index in [1.807, 2.05) is 0 Å². The maximum atomic E-state index is 12.4. The summed E-state index contributed by atoms with van der Waals surface area (Å²) in [6, 6.07) is 6.27. The van der Waals surface area contributed by atoms with Crippen molar-refractivity contribution in [3.63, 3.8) is 0 Å². The summed E-state index contributed by atoms with van der Waals surface area (Å²) in [5.41, 5.74) is 4.74. The van der Waals surface area contributed by atoms with Crippen molar-refractivity contribution in [2.75, 3.05) is 13.7 Å². The third-order valence-corrected chi connectivity index (χ3v) is 2.04. The number of methoxy groups -OCH3 is 1. The third-order valence-electron chi connectivity index (χ3n) is 2.04. The Kier molecular flexibility index (Phi) is 3.95. The SMILES string of the molecule is COc1ccc(/C=C(\CN)C(F)(F)F)cc1. The zero-order valence-electron chi connectivity index (χ0n) is 8.71. The molecule has 0 aliphatic carbocycles. The molecule has 0 aliphatic rings. The zero-order valence-corrected chi connectivity index (χ0v) is 8.71. The highest BCUT2D eigenvalue weighted by Crippen LogP contribution is 2.26. The zero-order chi connectivity index (χ0) is 12.2. The van der Waals surface area contributed by atoms with Gasteiger partial charge in [0.05, 0.1) is 7.11 Å². The number of halogens is 3. The maximum absolute atomic E-state index is 12.4. The summed E-state index contributed by atoms with van der Waals surface area (Å²) in [4.78, 5) is 0. The van der Waals surface area contributed by atoms with E-state index in [1.165, 1.54) is 7.11 Å². The Bertz CT molecular complexity index is 368. The van der Waals surface area contributed by atoms with Gasteiger partial charge in [0, 0.05) is 12.1 Å². The van der Waals surface area contributed by atoms with Gasteiger partial charge in [-0.15, -0.1) is 0 Å². The lowest BCUT2D eigenvalue weighted by atomic mass is 10.1. The van der Waals surface area contributed by atoms with Crippen molar-refractivity contribution >= 4 is 6.08 Å². The molecule has 0 radical (unpaired) electrons. The van der Waals surface area contributed by atoms with E-state index < -0.39 is 18.3 Å². The van der Waals surface area contributed by atoms with Gasteiger partial charge in [-0.2, -0.15) is 13.2 Å². The molecule has 0 bridgehead atoms. The largest absolute Gasteiger partial charge is 0.497 e. The van der Waals surface area contributed by atoms with Crippen LogP contribution in [-0.4, -0.2) is 19.8 Å². The van der Waals surface area contributed by atoms with E-state index in [0.29, 0.717) is 11.3 Å². The molecule has 1 rings (SSSR count). The van der Waals surface area contributed by atoms with Crippen LogP contribution in [-0.2, 0) is 0 Å². The summed E-state index contributed by atoms with van der Waals surface area (Å²) in [5.74, 6) is 0.596. The Morgan fingerprint density at radius 2 is 1.88 bits per heavy atom. The smallest absolute Gasteiger partial charge is 0.413 e. The van der Waals surface area contributed by atoms with Gasteiger partial charge in [0.15, 0.2) is 0 Å². The Labute approximate surface area is 91.5 Å². The summed E-state index contributed by atoms with van der Waals surface area (Å²) >= 11 is 0. The van der Waals surface area contributed by atoms with E-state index in [-0.39, 0.29) is 0 Å². The highest BCUT2D eigenvalue weighted by Gasteiger charge is 2.32. The van der Waals surface area contributed by atoms with Crippen LogP contribution in [0.15, 0.2) is 29.8 Å². The van der Waals surface area contributed by atoms with Crippen molar-refractivity contribution in [2.24, 2.45) is 5.73 Å². The van der Waals surface area contributed by atoms with E-state index >= 15 is 0 Å². The van der Waals surface area contributed by atoms with Crippen LogP contribution in [0.1, 0.15) is 5.56 Å². The van der Waals surface area contributed by atoms with Crippen molar-refractivity contribution in [1.29, 1.82) is 0 Å². The summed E-state index contributed by atoms with van der Waals surface area (Å²) in [7, 11) is 1.49. The summed E-state index contributed by atoms with van der Waals surface area (Å²) in [6.45, 7) is -0.532. The van der Waals surface area contributed by atoms with Gasteiger partial charge in [-0.1, -0.05) is 12.1 Å². The molecule has 0 saturated heterocycles. The number of ether oxygens (including phenoxy) is 1. The highest BCUT2D eigenvalue weighted by molar-refractivity contribution is 5.55. The van der Waals surface area contributed by atoms with Crippen LogP contribution in [0.3, 0.4) is 0 Å². The first-order valence-corrected chi connectivity index (χ1v) is 4.59. The average molecular weight is 231 g/mol. The van der Waals surface area contributed by atoms with Crippen LogP contribution in [0.2, 0.25) is 0 Å². The minimum atomic E-state index is -4.38. The van der Waals surface area contributed by atoms with E-state index in [0.717, 1.165) is 6.08 Å². The fourth-order valence-electron chi connectivity index (χ4n) is 1.16. The van der Waals surface area contributed by atoms with Crippen LogP contribution in [0.5, 0.6) is 5.75 Å². The van der Waals surface area contributed by atoms with Gasteiger partial charge >= 0.3 is 6.18 Å². The van der Waals surface area contributed by atoms with Crippen molar-refractivity contribution in [3.8, 4) is 5.75 Å². The Morgan fingerprint density at radius 1 is 1.31 bits per heavy atom.